The number of morpholine rings is 1. The number of ether oxygens (including phenoxy) is 1. The third kappa shape index (κ3) is 4.29. The molecule has 0 aliphatic carbocycles. The zero-order valence-corrected chi connectivity index (χ0v) is 10.9. The Morgan fingerprint density at radius 1 is 1.17 bits per heavy atom. The molecule has 3 N–H and O–H groups in total. The lowest BCUT2D eigenvalue weighted by Gasteiger charge is -2.26. The molecule has 4 nitrogen and oxygen atoms in total. The second kappa shape index (κ2) is 7.36. The molecule has 2 rings (SSSR count). The van der Waals surface area contributed by atoms with Crippen LogP contribution in [0.5, 0.6) is 0 Å². The van der Waals surface area contributed by atoms with Crippen LogP contribution in [0, 0.1) is 0 Å². The van der Waals surface area contributed by atoms with Crippen LogP contribution in [0.3, 0.4) is 0 Å². The molecule has 1 aliphatic heterocycles. The summed E-state index contributed by atoms with van der Waals surface area (Å²) in [5, 5.41) is 3.45. The highest BCUT2D eigenvalue weighted by molar-refractivity contribution is 5.44. The summed E-state index contributed by atoms with van der Waals surface area (Å²) in [4.78, 5) is 2.43. The van der Waals surface area contributed by atoms with E-state index in [4.69, 9.17) is 10.5 Å². The van der Waals surface area contributed by atoms with Crippen LogP contribution in [0.25, 0.3) is 0 Å². The maximum absolute atomic E-state index is 5.53. The molecule has 0 spiro atoms. The van der Waals surface area contributed by atoms with Crippen LogP contribution in [0.1, 0.15) is 5.56 Å². The van der Waals surface area contributed by atoms with Crippen molar-refractivity contribution < 1.29 is 4.74 Å². The maximum Gasteiger partial charge on any atom is 0.0594 e. The van der Waals surface area contributed by atoms with Crippen molar-refractivity contribution in [3.8, 4) is 0 Å². The van der Waals surface area contributed by atoms with Crippen molar-refractivity contribution in [1.82, 2.24) is 4.90 Å². The maximum atomic E-state index is 5.53. The van der Waals surface area contributed by atoms with Gasteiger partial charge in [-0.2, -0.15) is 0 Å². The SMILES string of the molecule is NCCc1ccc(NCCN2CCOCC2)cc1. The average molecular weight is 249 g/mol. The van der Waals surface area contributed by atoms with Gasteiger partial charge in [-0.05, 0) is 30.7 Å². The highest BCUT2D eigenvalue weighted by Gasteiger charge is 2.08. The number of nitrogens with zero attached hydrogens (tertiary/aromatic N) is 1. The Morgan fingerprint density at radius 2 is 1.89 bits per heavy atom. The van der Waals surface area contributed by atoms with E-state index in [0.717, 1.165) is 45.8 Å². The van der Waals surface area contributed by atoms with Gasteiger partial charge in [0.05, 0.1) is 13.2 Å². The summed E-state index contributed by atoms with van der Waals surface area (Å²) in [6.45, 7) is 6.61. The number of anilines is 1. The van der Waals surface area contributed by atoms with E-state index in [1.54, 1.807) is 0 Å². The van der Waals surface area contributed by atoms with Gasteiger partial charge >= 0.3 is 0 Å². The van der Waals surface area contributed by atoms with E-state index in [9.17, 15) is 0 Å². The monoisotopic (exact) mass is 249 g/mol. The van der Waals surface area contributed by atoms with Crippen molar-refractivity contribution in [3.05, 3.63) is 29.8 Å². The number of hydrogen-bond acceptors (Lipinski definition) is 4. The molecule has 1 aliphatic rings. The van der Waals surface area contributed by atoms with Crippen molar-refractivity contribution in [2.24, 2.45) is 5.73 Å². The van der Waals surface area contributed by atoms with Crippen molar-refractivity contribution in [3.63, 3.8) is 0 Å². The van der Waals surface area contributed by atoms with Gasteiger partial charge in [-0.1, -0.05) is 12.1 Å². The van der Waals surface area contributed by atoms with Crippen molar-refractivity contribution in [2.45, 2.75) is 6.42 Å². The zero-order valence-electron chi connectivity index (χ0n) is 10.9. The van der Waals surface area contributed by atoms with E-state index in [2.05, 4.69) is 34.5 Å². The third-order valence-corrected chi connectivity index (χ3v) is 3.25. The molecule has 4 heteroatoms. The van der Waals surface area contributed by atoms with E-state index in [1.807, 2.05) is 0 Å². The molecule has 18 heavy (non-hydrogen) atoms. The highest BCUT2D eigenvalue weighted by Crippen LogP contribution is 2.09. The Bertz CT molecular complexity index is 333. The summed E-state index contributed by atoms with van der Waals surface area (Å²) in [6, 6.07) is 8.54. The molecule has 1 heterocycles. The normalized spacial score (nSPS) is 16.7. The molecule has 1 fully saturated rings. The van der Waals surface area contributed by atoms with Gasteiger partial charge in [0, 0.05) is 31.9 Å². The predicted molar refractivity (Wildman–Crippen MR) is 74.9 cm³/mol. The molecule has 100 valence electrons. The second-order valence-corrected chi connectivity index (χ2v) is 4.62. The van der Waals surface area contributed by atoms with Crippen LogP contribution < -0.4 is 11.1 Å². The van der Waals surface area contributed by atoms with Crippen molar-refractivity contribution in [2.75, 3.05) is 51.3 Å². The summed E-state index contributed by atoms with van der Waals surface area (Å²) in [5.74, 6) is 0. The molecular formula is C14H23N3O. The lowest BCUT2D eigenvalue weighted by molar-refractivity contribution is 0.0398. The van der Waals surface area contributed by atoms with Gasteiger partial charge in [0.25, 0.3) is 0 Å². The van der Waals surface area contributed by atoms with Gasteiger partial charge in [-0.25, -0.2) is 0 Å². The number of hydrogen-bond donors (Lipinski definition) is 2. The topological polar surface area (TPSA) is 50.5 Å². The molecule has 0 bridgehead atoms. The van der Waals surface area contributed by atoms with Crippen molar-refractivity contribution in [1.29, 1.82) is 0 Å². The first-order valence-corrected chi connectivity index (χ1v) is 6.71. The standard InChI is InChI=1S/C14H23N3O/c15-6-5-13-1-3-14(4-2-13)16-7-8-17-9-11-18-12-10-17/h1-4,16H,5-12,15H2. The first kappa shape index (κ1) is 13.3. The van der Waals surface area contributed by atoms with Gasteiger partial charge in [0.2, 0.25) is 0 Å². The van der Waals surface area contributed by atoms with Crippen LogP contribution in [0.2, 0.25) is 0 Å². The molecule has 0 radical (unpaired) electrons. The third-order valence-electron chi connectivity index (χ3n) is 3.25. The van der Waals surface area contributed by atoms with Crippen LogP contribution in [0.4, 0.5) is 5.69 Å². The van der Waals surface area contributed by atoms with Gasteiger partial charge in [0.1, 0.15) is 0 Å². The lowest BCUT2D eigenvalue weighted by Crippen LogP contribution is -2.38. The van der Waals surface area contributed by atoms with Crippen LogP contribution in [0.15, 0.2) is 24.3 Å². The molecular weight excluding hydrogens is 226 g/mol. The van der Waals surface area contributed by atoms with E-state index in [0.29, 0.717) is 6.54 Å². The van der Waals surface area contributed by atoms with Crippen LogP contribution in [-0.2, 0) is 11.2 Å². The van der Waals surface area contributed by atoms with Gasteiger partial charge in [-0.3, -0.25) is 4.90 Å². The number of nitrogens with two attached hydrogens (primary N) is 1. The van der Waals surface area contributed by atoms with Crippen molar-refractivity contribution >= 4 is 5.69 Å². The van der Waals surface area contributed by atoms with Gasteiger partial charge < -0.3 is 15.8 Å². The summed E-state index contributed by atoms with van der Waals surface area (Å²) in [5.41, 5.74) is 8.02. The zero-order chi connectivity index (χ0) is 12.6. The Labute approximate surface area is 109 Å². The highest BCUT2D eigenvalue weighted by atomic mass is 16.5. The van der Waals surface area contributed by atoms with E-state index < -0.39 is 0 Å². The molecule has 1 saturated heterocycles. The van der Waals surface area contributed by atoms with Crippen LogP contribution in [-0.4, -0.2) is 50.8 Å². The molecule has 0 saturated carbocycles. The van der Waals surface area contributed by atoms with Gasteiger partial charge in [0.15, 0.2) is 0 Å². The Hall–Kier alpha value is -1.10. The molecule has 0 atom stereocenters. The fourth-order valence-electron chi connectivity index (χ4n) is 2.14. The summed E-state index contributed by atoms with van der Waals surface area (Å²) >= 11 is 0. The average Bonchev–Trinajstić information content (AvgIpc) is 2.42. The molecule has 0 amide bonds. The molecule has 1 aromatic carbocycles. The lowest BCUT2D eigenvalue weighted by atomic mass is 10.1. The molecule has 0 aromatic heterocycles. The minimum atomic E-state index is 0.712. The number of nitrogens with one attached hydrogen (secondary N) is 1. The second-order valence-electron chi connectivity index (χ2n) is 4.62. The summed E-state index contributed by atoms with van der Waals surface area (Å²) in [6.07, 6.45) is 0.952. The largest absolute Gasteiger partial charge is 0.384 e. The first-order valence-electron chi connectivity index (χ1n) is 6.71. The summed E-state index contributed by atoms with van der Waals surface area (Å²) < 4.78 is 5.33. The fraction of sp³-hybridized carbons (Fsp3) is 0.571. The van der Waals surface area contributed by atoms with E-state index >= 15 is 0 Å². The number of benzene rings is 1. The Balaban J connectivity index is 1.69. The molecule has 1 aromatic rings. The summed E-state index contributed by atoms with van der Waals surface area (Å²) in [7, 11) is 0. The smallest absolute Gasteiger partial charge is 0.0594 e. The molecule has 0 unspecified atom stereocenters. The minimum absolute atomic E-state index is 0.712. The van der Waals surface area contributed by atoms with E-state index in [1.165, 1.54) is 11.3 Å². The number of rotatable bonds is 6. The Kier molecular flexibility index (Phi) is 5.45. The minimum Gasteiger partial charge on any atom is -0.384 e. The predicted octanol–water partition coefficient (Wildman–Crippen LogP) is 0.932. The quantitative estimate of drug-likeness (QED) is 0.787. The fourth-order valence-corrected chi connectivity index (χ4v) is 2.14. The van der Waals surface area contributed by atoms with Gasteiger partial charge in [-0.15, -0.1) is 0 Å². The first-order chi connectivity index (χ1) is 8.88. The van der Waals surface area contributed by atoms with E-state index in [-0.39, 0.29) is 0 Å². The Morgan fingerprint density at radius 3 is 2.56 bits per heavy atom. The van der Waals surface area contributed by atoms with Crippen LogP contribution >= 0.6 is 0 Å².